The van der Waals surface area contributed by atoms with Crippen LogP contribution < -0.4 is 5.32 Å². The van der Waals surface area contributed by atoms with Crippen LogP contribution in [0.3, 0.4) is 0 Å². The van der Waals surface area contributed by atoms with Gasteiger partial charge in [-0.25, -0.2) is 0 Å². The SMILES string of the molecule is Cc1c([Si])nnnc1C1CCCCC1. The molecular formula is C10H14N3Si. The number of rotatable bonds is 1. The summed E-state index contributed by atoms with van der Waals surface area (Å²) in [6.45, 7) is 2.06. The van der Waals surface area contributed by atoms with Crippen molar-refractivity contribution >= 4 is 15.6 Å². The Morgan fingerprint density at radius 2 is 1.86 bits per heavy atom. The van der Waals surface area contributed by atoms with Crippen LogP contribution in [0.1, 0.15) is 49.3 Å². The van der Waals surface area contributed by atoms with E-state index in [9.17, 15) is 0 Å². The van der Waals surface area contributed by atoms with E-state index >= 15 is 0 Å². The number of hydrogen-bond acceptors (Lipinski definition) is 3. The number of aromatic nitrogens is 3. The van der Waals surface area contributed by atoms with Gasteiger partial charge in [0.15, 0.2) is 0 Å². The average molecular weight is 204 g/mol. The van der Waals surface area contributed by atoms with Crippen molar-refractivity contribution in [2.75, 3.05) is 0 Å². The second-order valence-electron chi connectivity index (χ2n) is 3.98. The molecule has 0 bridgehead atoms. The van der Waals surface area contributed by atoms with Crippen LogP contribution in [-0.2, 0) is 0 Å². The molecule has 0 amide bonds. The molecule has 0 saturated heterocycles. The lowest BCUT2D eigenvalue weighted by atomic mass is 9.85. The normalized spacial score (nSPS) is 18.4. The van der Waals surface area contributed by atoms with Crippen LogP contribution in [0.25, 0.3) is 0 Å². The molecule has 1 aliphatic rings. The molecular weight excluding hydrogens is 190 g/mol. The lowest BCUT2D eigenvalue weighted by Crippen LogP contribution is -2.21. The molecule has 1 saturated carbocycles. The Hall–Kier alpha value is -0.773. The standard InChI is InChI=1S/C10H14N3Si/c1-7-9(11-13-12-10(7)14)8-5-3-2-4-6-8/h8H,2-6H2,1H3. The van der Waals surface area contributed by atoms with Gasteiger partial charge in [-0.2, -0.15) is 0 Å². The van der Waals surface area contributed by atoms with Gasteiger partial charge in [-0.3, -0.25) is 0 Å². The van der Waals surface area contributed by atoms with Gasteiger partial charge in [-0.15, -0.1) is 10.2 Å². The molecule has 3 nitrogen and oxygen atoms in total. The maximum atomic E-state index is 4.17. The van der Waals surface area contributed by atoms with Crippen LogP contribution in [0.2, 0.25) is 0 Å². The van der Waals surface area contributed by atoms with E-state index in [1.54, 1.807) is 0 Å². The van der Waals surface area contributed by atoms with E-state index in [1.807, 2.05) is 0 Å². The van der Waals surface area contributed by atoms with E-state index in [0.717, 1.165) is 16.6 Å². The molecule has 1 aromatic rings. The molecule has 0 N–H and O–H groups in total. The summed E-state index contributed by atoms with van der Waals surface area (Å²) >= 11 is 0. The van der Waals surface area contributed by atoms with Gasteiger partial charge >= 0.3 is 0 Å². The van der Waals surface area contributed by atoms with Crippen molar-refractivity contribution in [2.24, 2.45) is 0 Å². The predicted octanol–water partition coefficient (Wildman–Crippen LogP) is 1.02. The zero-order chi connectivity index (χ0) is 9.97. The minimum absolute atomic E-state index is 0.606. The Morgan fingerprint density at radius 1 is 1.14 bits per heavy atom. The topological polar surface area (TPSA) is 38.7 Å². The third kappa shape index (κ3) is 1.85. The summed E-state index contributed by atoms with van der Waals surface area (Å²) in [5, 5.41) is 12.7. The Morgan fingerprint density at radius 3 is 2.57 bits per heavy atom. The fourth-order valence-electron chi connectivity index (χ4n) is 2.15. The number of nitrogens with zero attached hydrogens (tertiary/aromatic N) is 3. The molecule has 0 unspecified atom stereocenters. The van der Waals surface area contributed by atoms with Crippen molar-refractivity contribution in [3.8, 4) is 0 Å². The number of hydrogen-bond donors (Lipinski definition) is 0. The molecule has 0 atom stereocenters. The van der Waals surface area contributed by atoms with Crippen LogP contribution in [0.15, 0.2) is 0 Å². The molecule has 4 heteroatoms. The third-order valence-electron chi connectivity index (χ3n) is 3.03. The highest BCUT2D eigenvalue weighted by Gasteiger charge is 2.19. The van der Waals surface area contributed by atoms with E-state index in [-0.39, 0.29) is 0 Å². The van der Waals surface area contributed by atoms with Gasteiger partial charge < -0.3 is 0 Å². The van der Waals surface area contributed by atoms with Gasteiger partial charge in [0.25, 0.3) is 0 Å². The second-order valence-corrected chi connectivity index (χ2v) is 4.46. The van der Waals surface area contributed by atoms with E-state index in [4.69, 9.17) is 0 Å². The molecule has 0 spiro atoms. The zero-order valence-electron chi connectivity index (χ0n) is 8.45. The Balaban J connectivity index is 2.26. The fourth-order valence-corrected chi connectivity index (χ4v) is 2.32. The molecule has 1 heterocycles. The van der Waals surface area contributed by atoms with E-state index < -0.39 is 0 Å². The summed E-state index contributed by atoms with van der Waals surface area (Å²) in [7, 11) is 3.45. The van der Waals surface area contributed by atoms with Crippen LogP contribution in [0, 0.1) is 6.92 Å². The minimum Gasteiger partial charge on any atom is -0.141 e. The van der Waals surface area contributed by atoms with Crippen LogP contribution in [0.4, 0.5) is 0 Å². The summed E-state index contributed by atoms with van der Waals surface area (Å²) in [5.74, 6) is 0.606. The smallest absolute Gasteiger partial charge is 0.103 e. The lowest BCUT2D eigenvalue weighted by molar-refractivity contribution is 0.431. The molecule has 0 aliphatic heterocycles. The highest BCUT2D eigenvalue weighted by molar-refractivity contribution is 6.31. The van der Waals surface area contributed by atoms with Crippen molar-refractivity contribution < 1.29 is 0 Å². The Bertz CT molecular complexity index is 321. The first kappa shape index (κ1) is 9.77. The van der Waals surface area contributed by atoms with Crippen molar-refractivity contribution in [3.63, 3.8) is 0 Å². The van der Waals surface area contributed by atoms with Crippen molar-refractivity contribution in [1.29, 1.82) is 0 Å². The molecule has 14 heavy (non-hydrogen) atoms. The molecule has 1 aliphatic carbocycles. The summed E-state index contributed by atoms with van der Waals surface area (Å²) in [6.07, 6.45) is 6.53. The zero-order valence-corrected chi connectivity index (χ0v) is 9.45. The van der Waals surface area contributed by atoms with Gasteiger partial charge in [0.1, 0.15) is 10.2 Å². The molecule has 3 radical (unpaired) electrons. The van der Waals surface area contributed by atoms with Crippen LogP contribution in [0.5, 0.6) is 0 Å². The van der Waals surface area contributed by atoms with Gasteiger partial charge in [0, 0.05) is 11.2 Å². The van der Waals surface area contributed by atoms with E-state index in [0.29, 0.717) is 5.92 Å². The maximum absolute atomic E-state index is 4.17. The second kappa shape index (κ2) is 4.17. The predicted molar refractivity (Wildman–Crippen MR) is 55.8 cm³/mol. The third-order valence-corrected chi connectivity index (χ3v) is 3.50. The quantitative estimate of drug-likeness (QED) is 0.641. The lowest BCUT2D eigenvalue weighted by Gasteiger charge is -2.21. The highest BCUT2D eigenvalue weighted by atomic mass is 28.1. The Labute approximate surface area is 87.7 Å². The molecule has 2 rings (SSSR count). The van der Waals surface area contributed by atoms with Gasteiger partial charge in [-0.1, -0.05) is 19.3 Å². The van der Waals surface area contributed by atoms with Gasteiger partial charge in [0.05, 0.1) is 5.69 Å². The summed E-state index contributed by atoms with van der Waals surface area (Å²) in [5.41, 5.74) is 2.30. The summed E-state index contributed by atoms with van der Waals surface area (Å²) in [6, 6.07) is 0. The first-order valence-corrected chi connectivity index (χ1v) is 5.70. The fraction of sp³-hybridized carbons (Fsp3) is 0.700. The minimum atomic E-state index is 0.606. The molecule has 1 aromatic heterocycles. The highest BCUT2D eigenvalue weighted by Crippen LogP contribution is 2.31. The molecule has 0 aromatic carbocycles. The Kier molecular flexibility index (Phi) is 2.91. The van der Waals surface area contributed by atoms with Crippen molar-refractivity contribution in [1.82, 2.24) is 15.4 Å². The maximum Gasteiger partial charge on any atom is 0.103 e. The molecule has 1 fully saturated rings. The van der Waals surface area contributed by atoms with Crippen LogP contribution >= 0.6 is 0 Å². The van der Waals surface area contributed by atoms with Gasteiger partial charge in [-0.05, 0) is 30.5 Å². The van der Waals surface area contributed by atoms with Gasteiger partial charge in [0.2, 0.25) is 0 Å². The van der Waals surface area contributed by atoms with E-state index in [2.05, 4.69) is 32.6 Å². The van der Waals surface area contributed by atoms with E-state index in [1.165, 1.54) is 32.1 Å². The molecule has 73 valence electrons. The monoisotopic (exact) mass is 204 g/mol. The first-order valence-electron chi connectivity index (χ1n) is 5.20. The van der Waals surface area contributed by atoms with Crippen LogP contribution in [-0.4, -0.2) is 25.7 Å². The first-order chi connectivity index (χ1) is 6.79. The largest absolute Gasteiger partial charge is 0.141 e. The summed E-state index contributed by atoms with van der Waals surface area (Å²) < 4.78 is 0. The average Bonchev–Trinajstić information content (AvgIpc) is 2.23. The van der Waals surface area contributed by atoms with Crippen molar-refractivity contribution in [3.05, 3.63) is 11.3 Å². The van der Waals surface area contributed by atoms with Crippen molar-refractivity contribution in [2.45, 2.75) is 44.9 Å². The summed E-state index contributed by atoms with van der Waals surface area (Å²) in [4.78, 5) is 0.